The molecule has 0 saturated carbocycles. The molecule has 1 aromatic carbocycles. The molecule has 3 heteroatoms. The number of para-hydroxylation sites is 1. The quantitative estimate of drug-likeness (QED) is 0.664. The lowest BCUT2D eigenvalue weighted by Crippen LogP contribution is -2.25. The number of nitrogens with one attached hydrogen (secondary N) is 2. The van der Waals surface area contributed by atoms with E-state index in [1.54, 1.807) is 0 Å². The fourth-order valence-electron chi connectivity index (χ4n) is 1.12. The summed E-state index contributed by atoms with van der Waals surface area (Å²) in [6.45, 7) is 0. The van der Waals surface area contributed by atoms with E-state index in [9.17, 15) is 0 Å². The molecule has 1 aliphatic rings. The fourth-order valence-corrected chi connectivity index (χ4v) is 2.09. The molecule has 1 heterocycles. The fraction of sp³-hybridized carbons (Fsp3) is 0.250. The second-order valence-electron chi connectivity index (χ2n) is 2.43. The molecule has 0 aromatic heterocycles. The minimum absolute atomic E-state index is 0.340. The average molecular weight is 166 g/mol. The summed E-state index contributed by atoms with van der Waals surface area (Å²) in [6, 6.07) is 8.33. The van der Waals surface area contributed by atoms with Crippen molar-refractivity contribution in [2.24, 2.45) is 0 Å². The molecule has 1 aromatic rings. The molecule has 0 spiro atoms. The lowest BCUT2D eigenvalue weighted by molar-refractivity contribution is 0.828. The van der Waals surface area contributed by atoms with Crippen molar-refractivity contribution in [3.8, 4) is 0 Å². The van der Waals surface area contributed by atoms with Gasteiger partial charge in [-0.15, -0.1) is 0 Å². The van der Waals surface area contributed by atoms with E-state index in [0.717, 1.165) is 0 Å². The van der Waals surface area contributed by atoms with E-state index in [-0.39, 0.29) is 0 Å². The van der Waals surface area contributed by atoms with Gasteiger partial charge >= 0.3 is 0 Å². The topological polar surface area (TPSA) is 24.1 Å². The van der Waals surface area contributed by atoms with Gasteiger partial charge in [0.15, 0.2) is 0 Å². The van der Waals surface area contributed by atoms with Crippen LogP contribution < -0.4 is 10.6 Å². The van der Waals surface area contributed by atoms with Gasteiger partial charge in [-0.05, 0) is 19.2 Å². The van der Waals surface area contributed by atoms with Crippen LogP contribution in [-0.2, 0) is 0 Å². The first-order chi connectivity index (χ1) is 5.40. The third-order valence-electron chi connectivity index (χ3n) is 1.68. The highest BCUT2D eigenvalue weighted by molar-refractivity contribution is 8.00. The Bertz CT molecular complexity index is 237. The smallest absolute Gasteiger partial charge is 0.130 e. The number of anilines is 1. The number of rotatable bonds is 1. The van der Waals surface area contributed by atoms with Crippen molar-refractivity contribution in [2.75, 3.05) is 12.4 Å². The van der Waals surface area contributed by atoms with Gasteiger partial charge in [-0.25, -0.2) is 0 Å². The zero-order valence-electron chi connectivity index (χ0n) is 6.29. The largest absolute Gasteiger partial charge is 0.360 e. The lowest BCUT2D eigenvalue weighted by Gasteiger charge is -2.06. The summed E-state index contributed by atoms with van der Waals surface area (Å²) >= 11 is 1.81. The lowest BCUT2D eigenvalue weighted by atomic mass is 10.3. The summed E-state index contributed by atoms with van der Waals surface area (Å²) in [6.07, 6.45) is 0. The summed E-state index contributed by atoms with van der Waals surface area (Å²) < 4.78 is 0. The predicted octanol–water partition coefficient (Wildman–Crippen LogP) is 1.71. The highest BCUT2D eigenvalue weighted by Crippen LogP contribution is 2.36. The second-order valence-corrected chi connectivity index (χ2v) is 3.57. The summed E-state index contributed by atoms with van der Waals surface area (Å²) in [5.41, 5.74) is 1.57. The van der Waals surface area contributed by atoms with Crippen LogP contribution in [0, 0.1) is 0 Å². The molecule has 58 valence electrons. The minimum atomic E-state index is 0.340. The van der Waals surface area contributed by atoms with Crippen LogP contribution in [0.1, 0.15) is 0 Å². The van der Waals surface area contributed by atoms with Crippen molar-refractivity contribution in [1.82, 2.24) is 5.32 Å². The molecule has 2 nitrogen and oxygen atoms in total. The van der Waals surface area contributed by atoms with E-state index in [2.05, 4.69) is 28.8 Å². The van der Waals surface area contributed by atoms with Gasteiger partial charge in [-0.3, -0.25) is 5.32 Å². The Morgan fingerprint density at radius 1 is 1.45 bits per heavy atom. The van der Waals surface area contributed by atoms with E-state index in [1.165, 1.54) is 10.6 Å². The molecule has 2 rings (SSSR count). The van der Waals surface area contributed by atoms with Crippen LogP contribution in [0.15, 0.2) is 29.2 Å². The third-order valence-corrected chi connectivity index (χ3v) is 2.88. The van der Waals surface area contributed by atoms with E-state index >= 15 is 0 Å². The van der Waals surface area contributed by atoms with Crippen LogP contribution in [0.4, 0.5) is 5.69 Å². The Kier molecular flexibility index (Phi) is 1.75. The molecule has 0 amide bonds. The molecule has 1 aliphatic heterocycles. The predicted molar refractivity (Wildman–Crippen MR) is 48.8 cm³/mol. The summed E-state index contributed by atoms with van der Waals surface area (Å²) in [5.74, 6) is 0. The van der Waals surface area contributed by atoms with Gasteiger partial charge in [0, 0.05) is 10.6 Å². The number of thioether (sulfide) groups is 1. The van der Waals surface area contributed by atoms with Crippen LogP contribution in [0.25, 0.3) is 0 Å². The Morgan fingerprint density at radius 2 is 2.27 bits per heavy atom. The normalized spacial score (nSPS) is 21.0. The van der Waals surface area contributed by atoms with Crippen molar-refractivity contribution in [3.63, 3.8) is 0 Å². The first-order valence-electron chi connectivity index (χ1n) is 3.59. The first kappa shape index (κ1) is 7.00. The van der Waals surface area contributed by atoms with Crippen molar-refractivity contribution in [1.29, 1.82) is 0 Å². The molecule has 2 N–H and O–H groups in total. The third kappa shape index (κ3) is 1.21. The highest BCUT2D eigenvalue weighted by Gasteiger charge is 2.17. The Hall–Kier alpha value is -0.670. The van der Waals surface area contributed by atoms with E-state index < -0.39 is 0 Å². The van der Waals surface area contributed by atoms with Crippen molar-refractivity contribution in [2.45, 2.75) is 10.4 Å². The standard InChI is InChI=1S/C8H10N2S/c1-9-8-10-6-4-2-3-5-7(6)11-8/h2-5,8-10H,1H3. The highest BCUT2D eigenvalue weighted by atomic mass is 32.2. The number of hydrogen-bond acceptors (Lipinski definition) is 3. The van der Waals surface area contributed by atoms with E-state index in [0.29, 0.717) is 5.50 Å². The molecule has 0 bridgehead atoms. The molecule has 1 unspecified atom stereocenters. The van der Waals surface area contributed by atoms with E-state index in [4.69, 9.17) is 0 Å². The van der Waals surface area contributed by atoms with Gasteiger partial charge in [-0.1, -0.05) is 23.9 Å². The molecule has 0 radical (unpaired) electrons. The molecule has 1 atom stereocenters. The maximum Gasteiger partial charge on any atom is 0.130 e. The number of fused-ring (bicyclic) bond motifs is 1. The van der Waals surface area contributed by atoms with Gasteiger partial charge in [0.2, 0.25) is 0 Å². The Morgan fingerprint density at radius 3 is 3.00 bits per heavy atom. The van der Waals surface area contributed by atoms with Gasteiger partial charge in [0.1, 0.15) is 5.50 Å². The molecule has 11 heavy (non-hydrogen) atoms. The summed E-state index contributed by atoms with van der Waals surface area (Å²) in [4.78, 5) is 1.33. The van der Waals surface area contributed by atoms with Crippen molar-refractivity contribution < 1.29 is 0 Å². The van der Waals surface area contributed by atoms with Crippen LogP contribution in [0.3, 0.4) is 0 Å². The Labute approximate surface area is 70.4 Å². The van der Waals surface area contributed by atoms with Gasteiger partial charge in [0.25, 0.3) is 0 Å². The maximum absolute atomic E-state index is 3.34. The second kappa shape index (κ2) is 2.75. The molecular formula is C8H10N2S. The van der Waals surface area contributed by atoms with Gasteiger partial charge < -0.3 is 5.32 Å². The monoisotopic (exact) mass is 166 g/mol. The molecule has 0 saturated heterocycles. The Balaban J connectivity index is 2.27. The minimum Gasteiger partial charge on any atom is -0.360 e. The SMILES string of the molecule is CNC1Nc2ccccc2S1. The first-order valence-corrected chi connectivity index (χ1v) is 4.47. The summed E-state index contributed by atoms with van der Waals surface area (Å²) in [5, 5.41) is 6.50. The zero-order chi connectivity index (χ0) is 7.68. The zero-order valence-corrected chi connectivity index (χ0v) is 7.11. The van der Waals surface area contributed by atoms with Crippen LogP contribution >= 0.6 is 11.8 Å². The average Bonchev–Trinajstić information content (AvgIpc) is 2.46. The van der Waals surface area contributed by atoms with Gasteiger partial charge in [-0.2, -0.15) is 0 Å². The van der Waals surface area contributed by atoms with Crippen LogP contribution in [-0.4, -0.2) is 12.5 Å². The van der Waals surface area contributed by atoms with Crippen molar-refractivity contribution >= 4 is 17.4 Å². The molecule has 0 fully saturated rings. The summed E-state index contributed by atoms with van der Waals surface area (Å²) in [7, 11) is 1.95. The van der Waals surface area contributed by atoms with Crippen molar-refractivity contribution in [3.05, 3.63) is 24.3 Å². The maximum atomic E-state index is 3.34. The van der Waals surface area contributed by atoms with Crippen LogP contribution in [0.2, 0.25) is 0 Å². The number of hydrogen-bond donors (Lipinski definition) is 2. The molecule has 0 aliphatic carbocycles. The molecular weight excluding hydrogens is 156 g/mol. The van der Waals surface area contributed by atoms with Gasteiger partial charge in [0.05, 0.1) is 0 Å². The van der Waals surface area contributed by atoms with Crippen LogP contribution in [0.5, 0.6) is 0 Å². The van der Waals surface area contributed by atoms with E-state index in [1.807, 2.05) is 24.9 Å². The number of benzene rings is 1.